The molecule has 122 valence electrons. The van der Waals surface area contributed by atoms with Gasteiger partial charge in [-0.05, 0) is 38.0 Å². The van der Waals surface area contributed by atoms with Gasteiger partial charge >= 0.3 is 0 Å². The van der Waals surface area contributed by atoms with Gasteiger partial charge in [0.2, 0.25) is 5.89 Å². The third kappa shape index (κ3) is 3.87. The number of aliphatic hydroxyl groups excluding tert-OH is 1. The molecular formula is C16H20N4O3. The Labute approximate surface area is 134 Å². The summed E-state index contributed by atoms with van der Waals surface area (Å²) in [7, 11) is 0. The highest BCUT2D eigenvalue weighted by Crippen LogP contribution is 2.17. The van der Waals surface area contributed by atoms with Crippen molar-refractivity contribution < 1.29 is 14.4 Å². The number of hydrogen-bond acceptors (Lipinski definition) is 6. The Hall–Kier alpha value is -2.41. The molecule has 23 heavy (non-hydrogen) atoms. The molecule has 1 aromatic heterocycles. The number of rotatable bonds is 4. The minimum atomic E-state index is -0.422. The lowest BCUT2D eigenvalue weighted by molar-refractivity contribution is 0.0474. The van der Waals surface area contributed by atoms with Gasteiger partial charge in [-0.15, -0.1) is 0 Å². The highest BCUT2D eigenvalue weighted by molar-refractivity contribution is 5.95. The summed E-state index contributed by atoms with van der Waals surface area (Å²) in [5, 5.41) is 16.6. The molecule has 7 heteroatoms. The van der Waals surface area contributed by atoms with Gasteiger partial charge in [-0.2, -0.15) is 4.98 Å². The molecule has 1 fully saturated rings. The van der Waals surface area contributed by atoms with Crippen molar-refractivity contribution >= 4 is 11.6 Å². The van der Waals surface area contributed by atoms with Crippen molar-refractivity contribution in [3.63, 3.8) is 0 Å². The van der Waals surface area contributed by atoms with Crippen LogP contribution in [0.4, 0.5) is 5.69 Å². The monoisotopic (exact) mass is 316 g/mol. The van der Waals surface area contributed by atoms with Gasteiger partial charge in [0.25, 0.3) is 5.91 Å². The molecule has 1 atom stereocenters. The van der Waals surface area contributed by atoms with Crippen LogP contribution in [0.15, 0.2) is 28.8 Å². The number of aryl methyl sites for hydroxylation is 1. The molecule has 2 aromatic rings. The first-order chi connectivity index (χ1) is 11.1. The third-order valence-electron chi connectivity index (χ3n) is 3.81. The number of hydrogen-bond donors (Lipinski definition) is 2. The fourth-order valence-electron chi connectivity index (χ4n) is 2.67. The lowest BCUT2D eigenvalue weighted by Crippen LogP contribution is -2.42. The summed E-state index contributed by atoms with van der Waals surface area (Å²) in [5.41, 5.74) is 1.41. The van der Waals surface area contributed by atoms with Crippen molar-refractivity contribution in [2.45, 2.75) is 32.4 Å². The van der Waals surface area contributed by atoms with E-state index in [9.17, 15) is 9.90 Å². The highest BCUT2D eigenvalue weighted by Gasteiger charge is 2.23. The van der Waals surface area contributed by atoms with Crippen LogP contribution in [-0.2, 0) is 6.54 Å². The summed E-state index contributed by atoms with van der Waals surface area (Å²) in [6, 6.07) is 7.29. The molecule has 1 saturated heterocycles. The second kappa shape index (κ2) is 6.78. The van der Waals surface area contributed by atoms with E-state index in [0.29, 0.717) is 36.9 Å². The molecule has 0 aliphatic carbocycles. The van der Waals surface area contributed by atoms with Gasteiger partial charge in [0.1, 0.15) is 0 Å². The molecule has 1 aliphatic rings. The van der Waals surface area contributed by atoms with Crippen molar-refractivity contribution in [3.8, 4) is 0 Å². The van der Waals surface area contributed by atoms with Crippen LogP contribution in [0, 0.1) is 6.92 Å². The van der Waals surface area contributed by atoms with Gasteiger partial charge < -0.3 is 19.8 Å². The molecule has 2 heterocycles. The SMILES string of the molecule is Cc1noc(CNc2cccc(C(=O)N3CCC[C@H](O)C3)c2)n1. The van der Waals surface area contributed by atoms with Gasteiger partial charge in [0, 0.05) is 24.3 Å². The first-order valence-electron chi connectivity index (χ1n) is 7.72. The number of piperidine rings is 1. The smallest absolute Gasteiger partial charge is 0.254 e. The number of β-amino-alcohol motifs (C(OH)–C–C–N with tert-alkyl or cyclic N) is 1. The van der Waals surface area contributed by atoms with Crippen LogP contribution >= 0.6 is 0 Å². The number of nitrogens with zero attached hydrogens (tertiary/aromatic N) is 3. The van der Waals surface area contributed by atoms with Gasteiger partial charge in [0.05, 0.1) is 12.6 Å². The number of benzene rings is 1. The highest BCUT2D eigenvalue weighted by atomic mass is 16.5. The zero-order valence-electron chi connectivity index (χ0n) is 13.0. The van der Waals surface area contributed by atoms with E-state index < -0.39 is 6.10 Å². The van der Waals surface area contributed by atoms with Crippen LogP contribution in [-0.4, -0.2) is 45.2 Å². The van der Waals surface area contributed by atoms with Crippen LogP contribution in [0.2, 0.25) is 0 Å². The average molecular weight is 316 g/mol. The second-order valence-electron chi connectivity index (χ2n) is 5.72. The molecular weight excluding hydrogens is 296 g/mol. The maximum atomic E-state index is 12.5. The summed E-state index contributed by atoms with van der Waals surface area (Å²) in [6.07, 6.45) is 1.17. The Balaban J connectivity index is 1.65. The molecule has 0 radical (unpaired) electrons. The van der Waals surface area contributed by atoms with Crippen LogP contribution in [0.5, 0.6) is 0 Å². The summed E-state index contributed by atoms with van der Waals surface area (Å²) in [6.45, 7) is 3.26. The summed E-state index contributed by atoms with van der Waals surface area (Å²) in [5.74, 6) is 1.04. The third-order valence-corrected chi connectivity index (χ3v) is 3.81. The van der Waals surface area contributed by atoms with Crippen LogP contribution in [0.1, 0.15) is 34.9 Å². The molecule has 3 rings (SSSR count). The first-order valence-corrected chi connectivity index (χ1v) is 7.72. The van der Waals surface area contributed by atoms with E-state index in [0.717, 1.165) is 18.5 Å². The van der Waals surface area contributed by atoms with Crippen molar-refractivity contribution in [1.82, 2.24) is 15.0 Å². The molecule has 0 bridgehead atoms. The molecule has 1 aromatic carbocycles. The number of carbonyl (C=O) groups is 1. The minimum Gasteiger partial charge on any atom is -0.391 e. The number of carbonyl (C=O) groups excluding carboxylic acids is 1. The van der Waals surface area contributed by atoms with E-state index in [-0.39, 0.29) is 5.91 Å². The molecule has 0 spiro atoms. The van der Waals surface area contributed by atoms with Crippen LogP contribution in [0.25, 0.3) is 0 Å². The van der Waals surface area contributed by atoms with Crippen molar-refractivity contribution in [1.29, 1.82) is 0 Å². The Morgan fingerprint density at radius 1 is 1.52 bits per heavy atom. The number of aromatic nitrogens is 2. The van der Waals surface area contributed by atoms with E-state index in [1.807, 2.05) is 12.1 Å². The fourth-order valence-corrected chi connectivity index (χ4v) is 2.67. The number of nitrogens with one attached hydrogen (secondary N) is 1. The standard InChI is InChI=1S/C16H20N4O3/c1-11-18-15(23-19-11)9-17-13-5-2-4-12(8-13)16(22)20-7-3-6-14(21)10-20/h2,4-5,8,14,17,21H,3,6-7,9-10H2,1H3/t14-/m0/s1. The molecule has 2 N–H and O–H groups in total. The van der Waals surface area contributed by atoms with Crippen molar-refractivity contribution in [3.05, 3.63) is 41.5 Å². The number of anilines is 1. The predicted molar refractivity (Wildman–Crippen MR) is 83.9 cm³/mol. The largest absolute Gasteiger partial charge is 0.391 e. The summed E-state index contributed by atoms with van der Waals surface area (Å²) in [4.78, 5) is 18.3. The Morgan fingerprint density at radius 3 is 3.13 bits per heavy atom. The van der Waals surface area contributed by atoms with Crippen LogP contribution in [0.3, 0.4) is 0 Å². The molecule has 0 saturated carbocycles. The lowest BCUT2D eigenvalue weighted by atomic mass is 10.1. The van der Waals surface area contributed by atoms with E-state index in [1.54, 1.807) is 24.0 Å². The number of likely N-dealkylation sites (tertiary alicyclic amines) is 1. The molecule has 0 unspecified atom stereocenters. The van der Waals surface area contributed by atoms with Gasteiger partial charge in [0.15, 0.2) is 5.82 Å². The summed E-state index contributed by atoms with van der Waals surface area (Å²) < 4.78 is 5.04. The average Bonchev–Trinajstić information content (AvgIpc) is 2.98. The minimum absolute atomic E-state index is 0.0546. The summed E-state index contributed by atoms with van der Waals surface area (Å²) >= 11 is 0. The lowest BCUT2D eigenvalue weighted by Gasteiger charge is -2.30. The van der Waals surface area contributed by atoms with Crippen LogP contribution < -0.4 is 5.32 Å². The van der Waals surface area contributed by atoms with Crippen molar-refractivity contribution in [2.75, 3.05) is 18.4 Å². The Kier molecular flexibility index (Phi) is 4.57. The zero-order chi connectivity index (χ0) is 16.2. The van der Waals surface area contributed by atoms with E-state index >= 15 is 0 Å². The second-order valence-corrected chi connectivity index (χ2v) is 5.72. The number of aliphatic hydroxyl groups is 1. The Morgan fingerprint density at radius 2 is 2.39 bits per heavy atom. The van der Waals surface area contributed by atoms with Gasteiger partial charge in [-0.1, -0.05) is 11.2 Å². The maximum Gasteiger partial charge on any atom is 0.254 e. The number of amides is 1. The maximum absolute atomic E-state index is 12.5. The molecule has 7 nitrogen and oxygen atoms in total. The topological polar surface area (TPSA) is 91.5 Å². The van der Waals surface area contributed by atoms with Gasteiger partial charge in [-0.3, -0.25) is 4.79 Å². The molecule has 1 aliphatic heterocycles. The molecule has 1 amide bonds. The first kappa shape index (κ1) is 15.5. The van der Waals surface area contributed by atoms with Crippen molar-refractivity contribution in [2.24, 2.45) is 0 Å². The fraction of sp³-hybridized carbons (Fsp3) is 0.438. The zero-order valence-corrected chi connectivity index (χ0v) is 13.0. The van der Waals surface area contributed by atoms with Gasteiger partial charge in [-0.25, -0.2) is 0 Å². The van der Waals surface area contributed by atoms with E-state index in [2.05, 4.69) is 15.5 Å². The van der Waals surface area contributed by atoms with E-state index in [4.69, 9.17) is 4.52 Å². The Bertz CT molecular complexity index is 685. The normalized spacial score (nSPS) is 18.0. The van der Waals surface area contributed by atoms with E-state index in [1.165, 1.54) is 0 Å². The quantitative estimate of drug-likeness (QED) is 0.890. The predicted octanol–water partition coefficient (Wildman–Crippen LogP) is 1.59.